The minimum atomic E-state index is 0.705. The van der Waals surface area contributed by atoms with Gasteiger partial charge < -0.3 is 4.90 Å². The van der Waals surface area contributed by atoms with Gasteiger partial charge in [0.15, 0.2) is 5.82 Å². The third-order valence-corrected chi connectivity index (χ3v) is 5.22. The van der Waals surface area contributed by atoms with Crippen molar-refractivity contribution >= 4 is 28.1 Å². The molecule has 0 radical (unpaired) electrons. The summed E-state index contributed by atoms with van der Waals surface area (Å²) in [5.41, 5.74) is 3.19. The number of anilines is 1. The molecule has 25 heavy (non-hydrogen) atoms. The van der Waals surface area contributed by atoms with Crippen LogP contribution in [0.15, 0.2) is 60.2 Å². The molecule has 124 valence electrons. The number of nitrogens with zero attached hydrogens (tertiary/aromatic N) is 4. The van der Waals surface area contributed by atoms with E-state index in [9.17, 15) is 0 Å². The summed E-state index contributed by atoms with van der Waals surface area (Å²) in [5, 5.41) is 3.20. The molecule has 3 heterocycles. The summed E-state index contributed by atoms with van der Waals surface area (Å²) in [5.74, 6) is 1.65. The molecular formula is C20H18N4S. The fourth-order valence-corrected chi connectivity index (χ4v) is 3.79. The Labute approximate surface area is 150 Å². The van der Waals surface area contributed by atoms with E-state index >= 15 is 0 Å². The van der Waals surface area contributed by atoms with Crippen molar-refractivity contribution in [1.82, 2.24) is 15.0 Å². The number of fused-ring (bicyclic) bond motifs is 1. The Bertz CT molecular complexity index is 1010. The minimum Gasteiger partial charge on any atom is -0.354 e. The lowest BCUT2D eigenvalue weighted by atomic mass is 10.2. The maximum absolute atomic E-state index is 4.86. The third kappa shape index (κ3) is 3.10. The molecule has 1 aromatic carbocycles. The van der Waals surface area contributed by atoms with E-state index in [-0.39, 0.29) is 0 Å². The van der Waals surface area contributed by atoms with Crippen LogP contribution < -0.4 is 4.90 Å². The zero-order valence-electron chi connectivity index (χ0n) is 14.2. The van der Waals surface area contributed by atoms with E-state index in [2.05, 4.69) is 41.4 Å². The molecule has 0 spiro atoms. The molecular weight excluding hydrogens is 328 g/mol. The van der Waals surface area contributed by atoms with E-state index in [4.69, 9.17) is 9.97 Å². The molecule has 3 aromatic heterocycles. The normalized spacial score (nSPS) is 11.0. The smallest absolute Gasteiger partial charge is 0.163 e. The topological polar surface area (TPSA) is 41.9 Å². The summed E-state index contributed by atoms with van der Waals surface area (Å²) in [4.78, 5) is 17.3. The highest BCUT2D eigenvalue weighted by Crippen LogP contribution is 2.28. The van der Waals surface area contributed by atoms with Gasteiger partial charge >= 0.3 is 0 Å². The van der Waals surface area contributed by atoms with Gasteiger partial charge in [-0.2, -0.15) is 0 Å². The van der Waals surface area contributed by atoms with E-state index in [1.807, 2.05) is 30.3 Å². The Hall–Kier alpha value is -2.79. The van der Waals surface area contributed by atoms with E-state index in [1.165, 1.54) is 10.4 Å². The van der Waals surface area contributed by atoms with Gasteiger partial charge in [0.2, 0.25) is 0 Å². The first-order valence-corrected chi connectivity index (χ1v) is 9.01. The molecule has 5 heteroatoms. The number of thiophene rings is 1. The molecule has 0 saturated carbocycles. The quantitative estimate of drug-likeness (QED) is 0.537. The van der Waals surface area contributed by atoms with Crippen LogP contribution in [0.2, 0.25) is 0 Å². The monoisotopic (exact) mass is 346 g/mol. The summed E-state index contributed by atoms with van der Waals surface area (Å²) in [7, 11) is 2.08. The van der Waals surface area contributed by atoms with Gasteiger partial charge in [-0.1, -0.05) is 12.1 Å². The Balaban J connectivity index is 1.82. The van der Waals surface area contributed by atoms with Crippen LogP contribution in [0.1, 0.15) is 10.4 Å². The highest BCUT2D eigenvalue weighted by Gasteiger charge is 2.14. The van der Waals surface area contributed by atoms with Crippen molar-refractivity contribution in [1.29, 1.82) is 0 Å². The van der Waals surface area contributed by atoms with Crippen molar-refractivity contribution < 1.29 is 0 Å². The fourth-order valence-electron chi connectivity index (χ4n) is 2.83. The maximum atomic E-state index is 4.86. The first kappa shape index (κ1) is 15.7. The lowest BCUT2D eigenvalue weighted by molar-refractivity contribution is 0.910. The van der Waals surface area contributed by atoms with Crippen LogP contribution in [0.3, 0.4) is 0 Å². The zero-order chi connectivity index (χ0) is 17.2. The number of aromatic nitrogens is 3. The van der Waals surface area contributed by atoms with Gasteiger partial charge in [0, 0.05) is 35.3 Å². The van der Waals surface area contributed by atoms with Crippen LogP contribution in [0, 0.1) is 6.92 Å². The van der Waals surface area contributed by atoms with Crippen molar-refractivity contribution in [3.05, 3.63) is 70.7 Å². The van der Waals surface area contributed by atoms with Crippen LogP contribution in [-0.4, -0.2) is 22.0 Å². The molecule has 0 N–H and O–H groups in total. The third-order valence-electron chi connectivity index (χ3n) is 4.21. The molecule has 0 atom stereocenters. The van der Waals surface area contributed by atoms with Gasteiger partial charge in [-0.3, -0.25) is 4.98 Å². The predicted molar refractivity (Wildman–Crippen MR) is 104 cm³/mol. The highest BCUT2D eigenvalue weighted by atomic mass is 32.1. The van der Waals surface area contributed by atoms with Crippen LogP contribution in [0.5, 0.6) is 0 Å². The first-order valence-electron chi connectivity index (χ1n) is 8.13. The number of hydrogen-bond acceptors (Lipinski definition) is 5. The molecule has 0 aliphatic carbocycles. The molecule has 4 aromatic rings. The Kier molecular flexibility index (Phi) is 4.15. The van der Waals surface area contributed by atoms with E-state index in [0.29, 0.717) is 5.82 Å². The molecule has 4 rings (SSSR count). The Morgan fingerprint density at radius 1 is 1.04 bits per heavy atom. The van der Waals surface area contributed by atoms with Gasteiger partial charge in [-0.15, -0.1) is 11.3 Å². The van der Waals surface area contributed by atoms with Crippen molar-refractivity contribution in [2.45, 2.75) is 13.5 Å². The standard InChI is InChI=1S/C20H18N4S/c1-14-9-11-25-18(14)13-24(2)20-16-7-3-4-8-17(16)22-19(23-20)15-6-5-10-21-12-15/h3-12H,13H2,1-2H3. The van der Waals surface area contributed by atoms with Crippen molar-refractivity contribution in [2.75, 3.05) is 11.9 Å². The number of rotatable bonds is 4. The minimum absolute atomic E-state index is 0.705. The Morgan fingerprint density at radius 3 is 2.68 bits per heavy atom. The van der Waals surface area contributed by atoms with Crippen LogP contribution in [-0.2, 0) is 6.54 Å². The fraction of sp³-hybridized carbons (Fsp3) is 0.150. The molecule has 0 saturated heterocycles. The van der Waals surface area contributed by atoms with E-state index in [1.54, 1.807) is 23.7 Å². The van der Waals surface area contributed by atoms with Crippen LogP contribution in [0.25, 0.3) is 22.3 Å². The average Bonchev–Trinajstić information content (AvgIpc) is 3.06. The lowest BCUT2D eigenvalue weighted by Crippen LogP contribution is -2.18. The number of aryl methyl sites for hydroxylation is 1. The zero-order valence-corrected chi connectivity index (χ0v) is 15.0. The molecule has 0 bridgehead atoms. The SMILES string of the molecule is Cc1ccsc1CN(C)c1nc(-c2cccnc2)nc2ccccc12. The molecule has 0 aliphatic heterocycles. The average molecular weight is 346 g/mol. The summed E-state index contributed by atoms with van der Waals surface area (Å²) in [6.45, 7) is 2.98. The first-order chi connectivity index (χ1) is 12.2. The highest BCUT2D eigenvalue weighted by molar-refractivity contribution is 7.10. The van der Waals surface area contributed by atoms with Gasteiger partial charge in [0.25, 0.3) is 0 Å². The van der Waals surface area contributed by atoms with Gasteiger partial charge in [0.05, 0.1) is 12.1 Å². The van der Waals surface area contributed by atoms with Crippen LogP contribution in [0.4, 0.5) is 5.82 Å². The second kappa shape index (κ2) is 6.61. The van der Waals surface area contributed by atoms with Gasteiger partial charge in [0.1, 0.15) is 5.82 Å². The van der Waals surface area contributed by atoms with Crippen molar-refractivity contribution in [2.24, 2.45) is 0 Å². The number of para-hydroxylation sites is 1. The van der Waals surface area contributed by atoms with Crippen molar-refractivity contribution in [3.8, 4) is 11.4 Å². The number of benzene rings is 1. The second-order valence-electron chi connectivity index (χ2n) is 6.01. The molecule has 0 amide bonds. The van der Waals surface area contributed by atoms with Gasteiger partial charge in [-0.05, 0) is 48.2 Å². The maximum Gasteiger partial charge on any atom is 0.163 e. The number of hydrogen-bond donors (Lipinski definition) is 0. The second-order valence-corrected chi connectivity index (χ2v) is 7.01. The summed E-state index contributed by atoms with van der Waals surface area (Å²) >= 11 is 1.78. The Morgan fingerprint density at radius 2 is 1.92 bits per heavy atom. The van der Waals surface area contributed by atoms with E-state index in [0.717, 1.165) is 28.8 Å². The van der Waals surface area contributed by atoms with Crippen molar-refractivity contribution in [3.63, 3.8) is 0 Å². The van der Waals surface area contributed by atoms with Crippen LogP contribution >= 0.6 is 11.3 Å². The van der Waals surface area contributed by atoms with E-state index < -0.39 is 0 Å². The summed E-state index contributed by atoms with van der Waals surface area (Å²) < 4.78 is 0. The summed E-state index contributed by atoms with van der Waals surface area (Å²) in [6.07, 6.45) is 3.56. The lowest BCUT2D eigenvalue weighted by Gasteiger charge is -2.20. The summed E-state index contributed by atoms with van der Waals surface area (Å²) in [6, 6.07) is 14.2. The largest absolute Gasteiger partial charge is 0.354 e. The molecule has 0 aliphatic rings. The molecule has 0 unspecified atom stereocenters. The van der Waals surface area contributed by atoms with Gasteiger partial charge in [-0.25, -0.2) is 9.97 Å². The molecule has 4 nitrogen and oxygen atoms in total. The molecule has 0 fully saturated rings. The number of pyridine rings is 1. The predicted octanol–water partition coefficient (Wildman–Crippen LogP) is 4.70.